The maximum atomic E-state index is 13.3. The van der Waals surface area contributed by atoms with E-state index < -0.39 is 12.7 Å². The lowest BCUT2D eigenvalue weighted by Gasteiger charge is -2.53. The van der Waals surface area contributed by atoms with Crippen molar-refractivity contribution in [1.82, 2.24) is 19.4 Å². The molecule has 5 nitrogen and oxygen atoms in total. The molecule has 0 unspecified atom stereocenters. The highest BCUT2D eigenvalue weighted by Gasteiger charge is 2.42. The molecule has 0 bridgehead atoms. The lowest BCUT2D eigenvalue weighted by Crippen LogP contribution is -2.58. The Balaban J connectivity index is 1.49. The maximum Gasteiger partial charge on any atom is 0.406 e. The Bertz CT molecular complexity index is 1230. The van der Waals surface area contributed by atoms with E-state index in [0.717, 1.165) is 29.8 Å². The molecule has 9 heteroatoms. The molecule has 0 atom stereocenters. The molecule has 0 saturated carbocycles. The van der Waals surface area contributed by atoms with Gasteiger partial charge in [0, 0.05) is 31.2 Å². The summed E-state index contributed by atoms with van der Waals surface area (Å²) in [6.07, 6.45) is -0.742. The predicted molar refractivity (Wildman–Crippen MR) is 117 cm³/mol. The number of halogens is 4. The Morgan fingerprint density at radius 2 is 1.94 bits per heavy atom. The number of fused-ring (bicyclic) bond motifs is 3. The van der Waals surface area contributed by atoms with E-state index in [0.29, 0.717) is 21.8 Å². The second-order valence-electron chi connectivity index (χ2n) is 9.30. The van der Waals surface area contributed by atoms with Crippen LogP contribution in [0.25, 0.3) is 21.9 Å². The van der Waals surface area contributed by atoms with Crippen LogP contribution in [-0.4, -0.2) is 58.8 Å². The second-order valence-corrected chi connectivity index (χ2v) is 9.67. The third-order valence-electron chi connectivity index (χ3n) is 6.86. The molecule has 2 aliphatic rings. The lowest BCUT2D eigenvalue weighted by atomic mass is 9.72. The van der Waals surface area contributed by atoms with E-state index in [1.807, 2.05) is 18.2 Å². The summed E-state index contributed by atoms with van der Waals surface area (Å²) in [4.78, 5) is 9.08. The number of piperidine rings is 1. The van der Waals surface area contributed by atoms with E-state index in [1.54, 1.807) is 6.07 Å². The summed E-state index contributed by atoms with van der Waals surface area (Å²) in [5, 5.41) is 9.89. The molecule has 0 radical (unpaired) electrons. The summed E-state index contributed by atoms with van der Waals surface area (Å²) in [6, 6.07) is 7.42. The minimum Gasteiger partial charge on any atom is -0.329 e. The zero-order chi connectivity index (χ0) is 22.7. The van der Waals surface area contributed by atoms with Crippen LogP contribution in [0.1, 0.15) is 24.0 Å². The molecule has 0 amide bonds. The molecule has 32 heavy (non-hydrogen) atoms. The third kappa shape index (κ3) is 3.72. The summed E-state index contributed by atoms with van der Waals surface area (Å²) >= 11 is 6.34. The van der Waals surface area contributed by atoms with Crippen molar-refractivity contribution in [1.29, 1.82) is 5.26 Å². The molecule has 0 aliphatic carbocycles. The Labute approximate surface area is 189 Å². The number of nitriles is 1. The average Bonchev–Trinajstić information content (AvgIpc) is 3.01. The van der Waals surface area contributed by atoms with Crippen LogP contribution in [0.3, 0.4) is 0 Å². The molecule has 5 rings (SSSR count). The molecule has 2 aliphatic heterocycles. The molecule has 1 aromatic carbocycles. The lowest BCUT2D eigenvalue weighted by molar-refractivity contribution is -0.139. The van der Waals surface area contributed by atoms with Gasteiger partial charge in [-0.1, -0.05) is 17.7 Å². The number of alkyl halides is 3. The topological polar surface area (TPSA) is 48.1 Å². The van der Waals surface area contributed by atoms with Gasteiger partial charge in [-0.3, -0.25) is 9.88 Å². The molecule has 4 heterocycles. The van der Waals surface area contributed by atoms with Gasteiger partial charge >= 0.3 is 6.18 Å². The molecule has 2 aromatic heterocycles. The summed E-state index contributed by atoms with van der Waals surface area (Å²) in [6.45, 7) is 3.95. The van der Waals surface area contributed by atoms with E-state index in [4.69, 9.17) is 11.6 Å². The molecule has 3 aromatic rings. The first-order chi connectivity index (χ1) is 15.2. The highest BCUT2D eigenvalue weighted by molar-refractivity contribution is 6.37. The SMILES string of the molecule is CN1CC2(CCN(Cc3ccc4c(c3)c3ncc(C#N)c(Cl)c3n4CC(F)(F)F)CC2)C1. The fourth-order valence-electron chi connectivity index (χ4n) is 5.43. The Hall–Kier alpha value is -2.34. The molecule has 168 valence electrons. The number of likely N-dealkylation sites (tertiary alicyclic amines) is 2. The quantitative estimate of drug-likeness (QED) is 0.562. The largest absolute Gasteiger partial charge is 0.406 e. The van der Waals surface area contributed by atoms with Crippen molar-refractivity contribution in [2.24, 2.45) is 5.41 Å². The van der Waals surface area contributed by atoms with Crippen molar-refractivity contribution in [2.45, 2.75) is 32.1 Å². The third-order valence-corrected chi connectivity index (χ3v) is 7.24. The van der Waals surface area contributed by atoms with Crippen LogP contribution in [0, 0.1) is 16.7 Å². The summed E-state index contributed by atoms with van der Waals surface area (Å²) in [7, 11) is 2.15. The first-order valence-corrected chi connectivity index (χ1v) is 11.0. The van der Waals surface area contributed by atoms with Crippen LogP contribution < -0.4 is 0 Å². The molecule has 2 saturated heterocycles. The minimum atomic E-state index is -4.43. The van der Waals surface area contributed by atoms with Gasteiger partial charge in [-0.05, 0) is 56.1 Å². The number of hydrogen-bond donors (Lipinski definition) is 0. The number of nitrogens with zero attached hydrogens (tertiary/aromatic N) is 5. The second kappa shape index (κ2) is 7.62. The minimum absolute atomic E-state index is 0.00583. The zero-order valence-electron chi connectivity index (χ0n) is 17.7. The molecular weight excluding hydrogens is 439 g/mol. The molecular formula is C23H23ClF3N5. The highest BCUT2D eigenvalue weighted by atomic mass is 35.5. The van der Waals surface area contributed by atoms with Crippen molar-refractivity contribution < 1.29 is 13.2 Å². The summed E-state index contributed by atoms with van der Waals surface area (Å²) < 4.78 is 41.1. The normalized spacial score (nSPS) is 19.5. The van der Waals surface area contributed by atoms with Crippen molar-refractivity contribution in [3.05, 3.63) is 40.5 Å². The molecule has 1 spiro atoms. The van der Waals surface area contributed by atoms with E-state index in [1.165, 1.54) is 32.1 Å². The van der Waals surface area contributed by atoms with Crippen LogP contribution in [0.5, 0.6) is 0 Å². The van der Waals surface area contributed by atoms with Gasteiger partial charge < -0.3 is 9.47 Å². The predicted octanol–water partition coefficient (Wildman–Crippen LogP) is 4.80. The summed E-state index contributed by atoms with van der Waals surface area (Å²) in [5.41, 5.74) is 2.54. The van der Waals surface area contributed by atoms with Crippen molar-refractivity contribution in [2.75, 3.05) is 33.2 Å². The first kappa shape index (κ1) is 21.5. The van der Waals surface area contributed by atoms with Crippen LogP contribution in [0.4, 0.5) is 13.2 Å². The first-order valence-electron chi connectivity index (χ1n) is 10.7. The van der Waals surface area contributed by atoms with Crippen molar-refractivity contribution in [3.63, 3.8) is 0 Å². The Morgan fingerprint density at radius 1 is 1.22 bits per heavy atom. The Morgan fingerprint density at radius 3 is 2.56 bits per heavy atom. The standard InChI is InChI=1S/C23H23ClF3N5/c1-30-12-22(13-30)4-6-31(7-5-22)11-15-2-3-18-17(8-15)20-21(32(18)14-23(25,26)27)19(24)16(9-28)10-29-20/h2-3,8,10H,4-7,11-14H2,1H3. The maximum absolute atomic E-state index is 13.3. The van der Waals surface area contributed by atoms with Crippen LogP contribution in [0.2, 0.25) is 5.02 Å². The average molecular weight is 462 g/mol. The zero-order valence-corrected chi connectivity index (χ0v) is 18.5. The van der Waals surface area contributed by atoms with Crippen LogP contribution in [-0.2, 0) is 13.1 Å². The van der Waals surface area contributed by atoms with Gasteiger partial charge in [0.25, 0.3) is 0 Å². The number of aromatic nitrogens is 2. The highest BCUT2D eigenvalue weighted by Crippen LogP contribution is 2.40. The van der Waals surface area contributed by atoms with Gasteiger partial charge in [0.05, 0.1) is 27.1 Å². The molecule has 0 N–H and O–H groups in total. The van der Waals surface area contributed by atoms with Gasteiger partial charge in [0.15, 0.2) is 0 Å². The van der Waals surface area contributed by atoms with E-state index in [9.17, 15) is 18.4 Å². The summed E-state index contributed by atoms with van der Waals surface area (Å²) in [5.74, 6) is 0. The number of rotatable bonds is 3. The van der Waals surface area contributed by atoms with Gasteiger partial charge in [0.1, 0.15) is 12.6 Å². The van der Waals surface area contributed by atoms with Crippen molar-refractivity contribution >= 4 is 33.5 Å². The smallest absolute Gasteiger partial charge is 0.329 e. The van der Waals surface area contributed by atoms with Gasteiger partial charge in [-0.15, -0.1) is 0 Å². The fraction of sp³-hybridized carbons (Fsp3) is 0.478. The number of pyridine rings is 1. The van der Waals surface area contributed by atoms with Crippen molar-refractivity contribution in [3.8, 4) is 6.07 Å². The fourth-order valence-corrected chi connectivity index (χ4v) is 5.71. The molecule has 2 fully saturated rings. The van der Waals surface area contributed by atoms with Gasteiger partial charge in [-0.2, -0.15) is 18.4 Å². The van der Waals surface area contributed by atoms with Crippen LogP contribution >= 0.6 is 11.6 Å². The van der Waals surface area contributed by atoms with Crippen LogP contribution in [0.15, 0.2) is 24.4 Å². The van der Waals surface area contributed by atoms with E-state index >= 15 is 0 Å². The van der Waals surface area contributed by atoms with Gasteiger partial charge in [-0.25, -0.2) is 0 Å². The van der Waals surface area contributed by atoms with E-state index in [-0.39, 0.29) is 16.1 Å². The van der Waals surface area contributed by atoms with E-state index in [2.05, 4.69) is 21.8 Å². The van der Waals surface area contributed by atoms with Gasteiger partial charge in [0.2, 0.25) is 0 Å². The number of benzene rings is 1. The Kier molecular flexibility index (Phi) is 5.12. The number of hydrogen-bond acceptors (Lipinski definition) is 4. The monoisotopic (exact) mass is 461 g/mol.